The second-order valence-electron chi connectivity index (χ2n) is 3.53. The predicted octanol–water partition coefficient (Wildman–Crippen LogP) is 3.52. The van der Waals surface area contributed by atoms with Crippen LogP contribution in [0.5, 0.6) is 11.6 Å². The van der Waals surface area contributed by atoms with Gasteiger partial charge in [0, 0.05) is 0 Å². The van der Waals surface area contributed by atoms with Crippen LogP contribution in [0.15, 0.2) is 30.7 Å². The Morgan fingerprint density at radius 3 is 2.58 bits per heavy atom. The molecule has 1 aromatic carbocycles. The van der Waals surface area contributed by atoms with Gasteiger partial charge in [-0.1, -0.05) is 11.6 Å². The number of hydrogen-bond acceptors (Lipinski definition) is 4. The monoisotopic (exact) mass is 289 g/mol. The first-order valence-corrected chi connectivity index (χ1v) is 5.36. The van der Waals surface area contributed by atoms with Crippen LogP contribution in [0.3, 0.4) is 0 Å². The maximum absolute atomic E-state index is 12.5. The summed E-state index contributed by atoms with van der Waals surface area (Å²) >= 11 is 5.76. The summed E-state index contributed by atoms with van der Waals surface area (Å²) in [6, 6.07) is 2.75. The Morgan fingerprint density at radius 1 is 1.26 bits per heavy atom. The number of anilines is 1. The Hall–Kier alpha value is -2.02. The van der Waals surface area contributed by atoms with Crippen LogP contribution in [0, 0.1) is 0 Å². The van der Waals surface area contributed by atoms with Gasteiger partial charge in [0.1, 0.15) is 11.3 Å². The summed E-state index contributed by atoms with van der Waals surface area (Å²) in [5.41, 5.74) is 4.49. The van der Waals surface area contributed by atoms with Crippen LogP contribution in [0.2, 0.25) is 5.02 Å². The first-order chi connectivity index (χ1) is 8.88. The van der Waals surface area contributed by atoms with Crippen molar-refractivity contribution in [2.75, 3.05) is 5.73 Å². The lowest BCUT2D eigenvalue weighted by atomic mass is 10.2. The number of hydrogen-bond donors (Lipinski definition) is 1. The molecule has 0 spiro atoms. The van der Waals surface area contributed by atoms with E-state index < -0.39 is 11.7 Å². The van der Waals surface area contributed by atoms with Crippen LogP contribution in [0.4, 0.5) is 18.9 Å². The molecule has 0 aliphatic heterocycles. The minimum Gasteiger partial charge on any atom is -0.435 e. The first-order valence-electron chi connectivity index (χ1n) is 4.98. The highest BCUT2D eigenvalue weighted by atomic mass is 35.5. The Labute approximate surface area is 111 Å². The normalized spacial score (nSPS) is 11.4. The molecule has 0 aliphatic carbocycles. The molecule has 0 unspecified atom stereocenters. The molecule has 1 heterocycles. The van der Waals surface area contributed by atoms with E-state index in [-0.39, 0.29) is 22.3 Å². The van der Waals surface area contributed by atoms with E-state index in [9.17, 15) is 13.2 Å². The van der Waals surface area contributed by atoms with Crippen molar-refractivity contribution in [3.8, 4) is 11.6 Å². The summed E-state index contributed by atoms with van der Waals surface area (Å²) in [4.78, 5) is 7.40. The first kappa shape index (κ1) is 13.4. The molecule has 0 saturated carbocycles. The molecular formula is C11H7ClF3N3O. The van der Waals surface area contributed by atoms with Crippen molar-refractivity contribution in [1.82, 2.24) is 9.97 Å². The van der Waals surface area contributed by atoms with Gasteiger partial charge in [-0.3, -0.25) is 0 Å². The fourth-order valence-electron chi connectivity index (χ4n) is 1.30. The Morgan fingerprint density at radius 2 is 2.00 bits per heavy atom. The van der Waals surface area contributed by atoms with E-state index in [0.717, 1.165) is 18.2 Å². The van der Waals surface area contributed by atoms with Gasteiger partial charge in [-0.25, -0.2) is 9.97 Å². The number of nitrogen functional groups attached to an aromatic ring is 1. The summed E-state index contributed by atoms with van der Waals surface area (Å²) in [5.74, 6) is 0.0525. The molecule has 4 nitrogen and oxygen atoms in total. The molecule has 2 N–H and O–H groups in total. The van der Waals surface area contributed by atoms with Crippen LogP contribution >= 0.6 is 11.6 Å². The van der Waals surface area contributed by atoms with Gasteiger partial charge >= 0.3 is 6.18 Å². The zero-order valence-electron chi connectivity index (χ0n) is 9.28. The number of halogens is 4. The van der Waals surface area contributed by atoms with Gasteiger partial charge in [-0.15, -0.1) is 0 Å². The molecule has 0 aliphatic rings. The van der Waals surface area contributed by atoms with Crippen molar-refractivity contribution in [3.05, 3.63) is 41.3 Å². The number of nitrogens with zero attached hydrogens (tertiary/aromatic N) is 2. The zero-order valence-corrected chi connectivity index (χ0v) is 10.0. The molecule has 0 atom stereocenters. The third kappa shape index (κ3) is 3.05. The molecular weight excluding hydrogens is 283 g/mol. The third-order valence-corrected chi connectivity index (χ3v) is 2.44. The second kappa shape index (κ2) is 4.93. The molecule has 2 aromatic rings. The number of nitrogens with two attached hydrogens (primary N) is 1. The van der Waals surface area contributed by atoms with E-state index in [0.29, 0.717) is 0 Å². The number of aromatic nitrogens is 2. The van der Waals surface area contributed by atoms with E-state index in [1.807, 2.05) is 0 Å². The van der Waals surface area contributed by atoms with Gasteiger partial charge < -0.3 is 10.5 Å². The fraction of sp³-hybridized carbons (Fsp3) is 0.0909. The second-order valence-corrected chi connectivity index (χ2v) is 3.94. The van der Waals surface area contributed by atoms with Gasteiger partial charge in [-0.05, 0) is 18.2 Å². The largest absolute Gasteiger partial charge is 0.435 e. The van der Waals surface area contributed by atoms with Crippen molar-refractivity contribution in [1.29, 1.82) is 0 Å². The summed E-state index contributed by atoms with van der Waals surface area (Å²) in [6.07, 6.45) is -1.97. The Kier molecular flexibility index (Phi) is 3.48. The van der Waals surface area contributed by atoms with Gasteiger partial charge in [-0.2, -0.15) is 13.2 Å². The number of rotatable bonds is 2. The Bertz CT molecular complexity index is 604. The van der Waals surface area contributed by atoms with Crippen molar-refractivity contribution in [2.24, 2.45) is 0 Å². The average Bonchev–Trinajstić information content (AvgIpc) is 2.33. The third-order valence-electron chi connectivity index (χ3n) is 2.18. The van der Waals surface area contributed by atoms with Crippen molar-refractivity contribution in [3.63, 3.8) is 0 Å². The quantitative estimate of drug-likeness (QED) is 0.859. The van der Waals surface area contributed by atoms with Crippen molar-refractivity contribution >= 4 is 17.3 Å². The van der Waals surface area contributed by atoms with E-state index >= 15 is 0 Å². The molecule has 100 valence electrons. The minimum atomic E-state index is -4.46. The van der Waals surface area contributed by atoms with Gasteiger partial charge in [0.2, 0.25) is 5.88 Å². The number of ether oxygens (including phenoxy) is 1. The maximum atomic E-state index is 12.5. The van der Waals surface area contributed by atoms with Gasteiger partial charge in [0.15, 0.2) is 5.75 Å². The topological polar surface area (TPSA) is 61.0 Å². The van der Waals surface area contributed by atoms with Crippen molar-refractivity contribution in [2.45, 2.75) is 6.18 Å². The molecule has 0 bridgehead atoms. The lowest BCUT2D eigenvalue weighted by Crippen LogP contribution is -2.06. The minimum absolute atomic E-state index is 0.0168. The van der Waals surface area contributed by atoms with Crippen LogP contribution in [-0.2, 0) is 6.18 Å². The summed E-state index contributed by atoms with van der Waals surface area (Å²) < 4.78 is 42.6. The maximum Gasteiger partial charge on any atom is 0.416 e. The van der Waals surface area contributed by atoms with E-state index in [1.165, 1.54) is 12.5 Å². The standard InChI is InChI=1S/C11H7ClF3N3O/c12-7-4-17-5-18-10(7)19-9-2-1-6(3-8(9)16)11(13,14)15/h1-5H,16H2. The highest BCUT2D eigenvalue weighted by molar-refractivity contribution is 6.31. The summed E-state index contributed by atoms with van der Waals surface area (Å²) in [5, 5.41) is 0.127. The van der Waals surface area contributed by atoms with E-state index in [2.05, 4.69) is 9.97 Å². The Balaban J connectivity index is 2.30. The molecule has 19 heavy (non-hydrogen) atoms. The molecule has 0 saturated heterocycles. The number of benzene rings is 1. The molecule has 0 amide bonds. The lowest BCUT2D eigenvalue weighted by Gasteiger charge is -2.11. The molecule has 0 fully saturated rings. The van der Waals surface area contributed by atoms with Gasteiger partial charge in [0.25, 0.3) is 0 Å². The van der Waals surface area contributed by atoms with Crippen LogP contribution in [-0.4, -0.2) is 9.97 Å². The van der Waals surface area contributed by atoms with Crippen molar-refractivity contribution < 1.29 is 17.9 Å². The summed E-state index contributed by atoms with van der Waals surface area (Å²) in [7, 11) is 0. The molecule has 2 rings (SSSR count). The lowest BCUT2D eigenvalue weighted by molar-refractivity contribution is -0.137. The van der Waals surface area contributed by atoms with Crippen LogP contribution < -0.4 is 10.5 Å². The van der Waals surface area contributed by atoms with Gasteiger partial charge in [0.05, 0.1) is 17.4 Å². The molecule has 1 aromatic heterocycles. The van der Waals surface area contributed by atoms with E-state index in [4.69, 9.17) is 22.1 Å². The smallest absolute Gasteiger partial charge is 0.416 e. The predicted molar refractivity (Wildman–Crippen MR) is 63.0 cm³/mol. The SMILES string of the molecule is Nc1cc(C(F)(F)F)ccc1Oc1ncncc1Cl. The molecule has 0 radical (unpaired) electrons. The zero-order chi connectivity index (χ0) is 14.0. The van der Waals surface area contributed by atoms with Crippen LogP contribution in [0.1, 0.15) is 5.56 Å². The molecule has 8 heteroatoms. The highest BCUT2D eigenvalue weighted by Crippen LogP contribution is 2.35. The van der Waals surface area contributed by atoms with E-state index in [1.54, 1.807) is 0 Å². The summed E-state index contributed by atoms with van der Waals surface area (Å²) in [6.45, 7) is 0. The number of alkyl halides is 3. The van der Waals surface area contributed by atoms with Crippen LogP contribution in [0.25, 0.3) is 0 Å². The average molecular weight is 290 g/mol. The highest BCUT2D eigenvalue weighted by Gasteiger charge is 2.31. The fourth-order valence-corrected chi connectivity index (χ4v) is 1.44.